The molecule has 0 radical (unpaired) electrons. The van der Waals surface area contributed by atoms with Crippen molar-refractivity contribution < 1.29 is 0 Å². The molecule has 0 bridgehead atoms. The quantitative estimate of drug-likeness (QED) is 0.822. The molecule has 2 aromatic rings. The van der Waals surface area contributed by atoms with Gasteiger partial charge in [-0.25, -0.2) is 4.98 Å². The summed E-state index contributed by atoms with van der Waals surface area (Å²) in [7, 11) is 1.88. The molecule has 2 aliphatic rings. The van der Waals surface area contributed by atoms with Gasteiger partial charge in [0, 0.05) is 30.9 Å². The number of nitrogens with two attached hydrogens (primary N) is 1. The second-order valence-corrected chi connectivity index (χ2v) is 4.80. The SMILES string of the molecule is Cn1cc(-c2nc(N)nc3c2C=CC2=NCCN23)cn1. The minimum Gasteiger partial charge on any atom is -0.368 e. The number of hydrogen-bond acceptors (Lipinski definition) is 6. The van der Waals surface area contributed by atoms with Gasteiger partial charge in [0.25, 0.3) is 0 Å². The van der Waals surface area contributed by atoms with Gasteiger partial charge in [0.1, 0.15) is 11.7 Å². The van der Waals surface area contributed by atoms with Crippen molar-refractivity contribution in [1.82, 2.24) is 19.7 Å². The standard InChI is InChI=1S/C13H13N7/c1-19-7-8(6-16-19)11-9-2-3-10-15-4-5-20(10)12(9)18-13(14)17-11/h2-3,6-7H,4-5H2,1H3,(H2,14,17,18). The minimum absolute atomic E-state index is 0.268. The van der Waals surface area contributed by atoms with E-state index < -0.39 is 0 Å². The van der Waals surface area contributed by atoms with E-state index in [9.17, 15) is 0 Å². The fourth-order valence-corrected chi connectivity index (χ4v) is 2.58. The van der Waals surface area contributed by atoms with Gasteiger partial charge in [-0.15, -0.1) is 0 Å². The highest BCUT2D eigenvalue weighted by Gasteiger charge is 2.27. The van der Waals surface area contributed by atoms with Crippen LogP contribution in [-0.2, 0) is 7.05 Å². The highest BCUT2D eigenvalue weighted by atomic mass is 15.3. The zero-order chi connectivity index (χ0) is 13.7. The second kappa shape index (κ2) is 3.89. The van der Waals surface area contributed by atoms with E-state index in [2.05, 4.69) is 25.0 Å². The van der Waals surface area contributed by atoms with Crippen molar-refractivity contribution in [1.29, 1.82) is 0 Å². The summed E-state index contributed by atoms with van der Waals surface area (Å²) < 4.78 is 1.75. The highest BCUT2D eigenvalue weighted by molar-refractivity contribution is 6.13. The van der Waals surface area contributed by atoms with E-state index in [0.29, 0.717) is 0 Å². The largest absolute Gasteiger partial charge is 0.368 e. The third-order valence-corrected chi connectivity index (χ3v) is 3.45. The van der Waals surface area contributed by atoms with Crippen molar-refractivity contribution in [2.24, 2.45) is 12.0 Å². The number of aryl methyl sites for hydroxylation is 1. The lowest BCUT2D eigenvalue weighted by molar-refractivity contribution is 0.768. The van der Waals surface area contributed by atoms with Gasteiger partial charge in [0.05, 0.1) is 18.4 Å². The van der Waals surface area contributed by atoms with E-state index in [0.717, 1.165) is 41.6 Å². The third kappa shape index (κ3) is 1.52. The Morgan fingerprint density at radius 2 is 2.15 bits per heavy atom. The van der Waals surface area contributed by atoms with Crippen molar-refractivity contribution in [3.63, 3.8) is 0 Å². The Hall–Kier alpha value is -2.70. The van der Waals surface area contributed by atoms with Crippen molar-refractivity contribution in [2.75, 3.05) is 23.7 Å². The Labute approximate surface area is 115 Å². The van der Waals surface area contributed by atoms with Crippen LogP contribution < -0.4 is 10.6 Å². The first kappa shape index (κ1) is 11.2. The summed E-state index contributed by atoms with van der Waals surface area (Å²) in [5.74, 6) is 2.03. The van der Waals surface area contributed by atoms with Crippen molar-refractivity contribution >= 4 is 23.7 Å². The molecule has 0 atom stereocenters. The number of rotatable bonds is 1. The summed E-state index contributed by atoms with van der Waals surface area (Å²) in [5.41, 5.74) is 8.58. The maximum Gasteiger partial charge on any atom is 0.222 e. The number of aromatic nitrogens is 4. The van der Waals surface area contributed by atoms with E-state index in [1.54, 1.807) is 10.9 Å². The lowest BCUT2D eigenvalue weighted by atomic mass is 10.1. The minimum atomic E-state index is 0.268. The molecule has 0 aromatic carbocycles. The highest BCUT2D eigenvalue weighted by Crippen LogP contribution is 2.34. The average Bonchev–Trinajstić information content (AvgIpc) is 3.06. The fraction of sp³-hybridized carbons (Fsp3) is 0.231. The first-order valence-corrected chi connectivity index (χ1v) is 6.39. The van der Waals surface area contributed by atoms with Crippen LogP contribution in [0.5, 0.6) is 0 Å². The Morgan fingerprint density at radius 3 is 2.95 bits per heavy atom. The van der Waals surface area contributed by atoms with Crippen molar-refractivity contribution in [3.05, 3.63) is 24.0 Å². The second-order valence-electron chi connectivity index (χ2n) is 4.80. The molecule has 0 saturated carbocycles. The molecule has 7 heteroatoms. The molecule has 100 valence electrons. The topological polar surface area (TPSA) is 85.2 Å². The summed E-state index contributed by atoms with van der Waals surface area (Å²) in [6.07, 6.45) is 7.69. The smallest absolute Gasteiger partial charge is 0.222 e. The van der Waals surface area contributed by atoms with E-state index in [-0.39, 0.29) is 5.95 Å². The molecule has 2 aliphatic heterocycles. The maximum absolute atomic E-state index is 5.87. The third-order valence-electron chi connectivity index (χ3n) is 3.45. The predicted molar refractivity (Wildman–Crippen MR) is 77.3 cm³/mol. The number of anilines is 2. The molecule has 0 aliphatic carbocycles. The number of fused-ring (bicyclic) bond motifs is 3. The number of nitrogens with zero attached hydrogens (tertiary/aromatic N) is 6. The van der Waals surface area contributed by atoms with Gasteiger partial charge < -0.3 is 10.6 Å². The molecule has 0 unspecified atom stereocenters. The van der Waals surface area contributed by atoms with E-state index in [1.807, 2.05) is 25.4 Å². The summed E-state index contributed by atoms with van der Waals surface area (Å²) in [5, 5.41) is 4.19. The molecule has 0 amide bonds. The molecule has 7 nitrogen and oxygen atoms in total. The zero-order valence-corrected chi connectivity index (χ0v) is 11.0. The summed E-state index contributed by atoms with van der Waals surface area (Å²) in [4.78, 5) is 15.3. The molecular weight excluding hydrogens is 254 g/mol. The van der Waals surface area contributed by atoms with Crippen LogP contribution in [0.3, 0.4) is 0 Å². The van der Waals surface area contributed by atoms with Crippen LogP contribution >= 0.6 is 0 Å². The first-order valence-electron chi connectivity index (χ1n) is 6.39. The summed E-state index contributed by atoms with van der Waals surface area (Å²) in [6, 6.07) is 0. The van der Waals surface area contributed by atoms with E-state index in [4.69, 9.17) is 5.73 Å². The zero-order valence-electron chi connectivity index (χ0n) is 11.0. The molecular formula is C13H13N7. The Balaban J connectivity index is 1.95. The van der Waals surface area contributed by atoms with Crippen molar-refractivity contribution in [2.45, 2.75) is 0 Å². The monoisotopic (exact) mass is 267 g/mol. The van der Waals surface area contributed by atoms with Gasteiger partial charge in [-0.3, -0.25) is 9.67 Å². The molecule has 2 aromatic heterocycles. The molecule has 20 heavy (non-hydrogen) atoms. The lowest BCUT2D eigenvalue weighted by Crippen LogP contribution is -2.30. The lowest BCUT2D eigenvalue weighted by Gasteiger charge is -2.24. The van der Waals surface area contributed by atoms with Gasteiger partial charge in [-0.2, -0.15) is 10.1 Å². The fourth-order valence-electron chi connectivity index (χ4n) is 2.58. The molecule has 4 heterocycles. The van der Waals surface area contributed by atoms with Crippen molar-refractivity contribution in [3.8, 4) is 11.3 Å². The first-order chi connectivity index (χ1) is 9.72. The molecule has 0 fully saturated rings. The molecule has 0 saturated heterocycles. The summed E-state index contributed by atoms with van der Waals surface area (Å²) in [6.45, 7) is 1.61. The van der Waals surface area contributed by atoms with Crippen LogP contribution in [0.4, 0.5) is 11.8 Å². The maximum atomic E-state index is 5.87. The van der Waals surface area contributed by atoms with Crippen LogP contribution in [0.1, 0.15) is 5.56 Å². The molecule has 0 spiro atoms. The van der Waals surface area contributed by atoms with Crippen LogP contribution in [0.25, 0.3) is 17.3 Å². The number of hydrogen-bond donors (Lipinski definition) is 1. The average molecular weight is 267 g/mol. The van der Waals surface area contributed by atoms with Gasteiger partial charge >= 0.3 is 0 Å². The molecule has 4 rings (SSSR count). The normalized spacial score (nSPS) is 16.1. The van der Waals surface area contributed by atoms with E-state index >= 15 is 0 Å². The van der Waals surface area contributed by atoms with Crippen LogP contribution in [0.15, 0.2) is 23.5 Å². The molecule has 2 N–H and O–H groups in total. The van der Waals surface area contributed by atoms with Crippen LogP contribution in [0, 0.1) is 0 Å². The van der Waals surface area contributed by atoms with Crippen LogP contribution in [0.2, 0.25) is 0 Å². The number of amidine groups is 1. The number of nitrogen functional groups attached to an aromatic ring is 1. The Morgan fingerprint density at radius 1 is 1.25 bits per heavy atom. The number of aliphatic imine (C=N–C) groups is 1. The Bertz CT molecular complexity index is 756. The Kier molecular flexibility index (Phi) is 2.17. The summed E-state index contributed by atoms with van der Waals surface area (Å²) >= 11 is 0. The van der Waals surface area contributed by atoms with Gasteiger partial charge in [-0.1, -0.05) is 0 Å². The van der Waals surface area contributed by atoms with Gasteiger partial charge in [-0.05, 0) is 12.2 Å². The van der Waals surface area contributed by atoms with Crippen LogP contribution in [-0.4, -0.2) is 38.7 Å². The van der Waals surface area contributed by atoms with Gasteiger partial charge in [0.2, 0.25) is 5.95 Å². The van der Waals surface area contributed by atoms with Gasteiger partial charge in [0.15, 0.2) is 0 Å². The predicted octanol–water partition coefficient (Wildman–Crippen LogP) is 0.705. The van der Waals surface area contributed by atoms with E-state index in [1.165, 1.54) is 0 Å².